The number of carbonyl (C=O) groups excluding carboxylic acids is 3. The Morgan fingerprint density at radius 1 is 1.21 bits per heavy atom. The summed E-state index contributed by atoms with van der Waals surface area (Å²) in [5.41, 5.74) is -0.704. The highest BCUT2D eigenvalue weighted by molar-refractivity contribution is 6.07. The molecule has 0 radical (unpaired) electrons. The number of hydrogen-bond acceptors (Lipinski definition) is 4. The van der Waals surface area contributed by atoms with Crippen molar-refractivity contribution < 1.29 is 14.4 Å². The minimum Gasteiger partial charge on any atom is -0.343 e. The van der Waals surface area contributed by atoms with Crippen molar-refractivity contribution in [3.8, 4) is 0 Å². The summed E-state index contributed by atoms with van der Waals surface area (Å²) in [6.07, 6.45) is 4.03. The quantitative estimate of drug-likeness (QED) is 0.729. The van der Waals surface area contributed by atoms with E-state index in [-0.39, 0.29) is 35.2 Å². The molecule has 2 unspecified atom stereocenters. The van der Waals surface area contributed by atoms with Crippen molar-refractivity contribution in [3.05, 3.63) is 0 Å². The average molecular weight is 407 g/mol. The molecule has 7 nitrogen and oxygen atoms in total. The van der Waals surface area contributed by atoms with Gasteiger partial charge < -0.3 is 10.2 Å². The first-order chi connectivity index (χ1) is 13.4. The summed E-state index contributed by atoms with van der Waals surface area (Å²) in [4.78, 5) is 43.9. The van der Waals surface area contributed by atoms with Crippen LogP contribution in [0.4, 0.5) is 4.79 Å². The number of carbonyl (C=O) groups is 3. The number of nitrogens with zero attached hydrogens (tertiary/aromatic N) is 3. The maximum Gasteiger partial charge on any atom is 0.326 e. The standard InChI is InChI=1S/C22H38N4O3/c1-15(2)24(6)18(27)17-7-9-25(10-8-17)14-26-19(28)22(23-20(26)29)12-16(3)11-21(4,5)13-22/h15-17H,7-14H2,1-6H3,(H,23,29). The maximum absolute atomic E-state index is 13.3. The largest absolute Gasteiger partial charge is 0.343 e. The molecule has 0 aromatic heterocycles. The van der Waals surface area contributed by atoms with E-state index in [4.69, 9.17) is 0 Å². The van der Waals surface area contributed by atoms with Crippen LogP contribution in [0, 0.1) is 17.3 Å². The second kappa shape index (κ2) is 7.89. The smallest absolute Gasteiger partial charge is 0.326 e. The van der Waals surface area contributed by atoms with Gasteiger partial charge in [-0.05, 0) is 57.3 Å². The second-order valence-electron chi connectivity index (χ2n) is 10.7. The van der Waals surface area contributed by atoms with E-state index >= 15 is 0 Å². The van der Waals surface area contributed by atoms with Crippen molar-refractivity contribution in [1.29, 1.82) is 0 Å². The minimum atomic E-state index is -0.744. The maximum atomic E-state index is 13.3. The Morgan fingerprint density at radius 3 is 2.38 bits per heavy atom. The monoisotopic (exact) mass is 406 g/mol. The number of amides is 4. The van der Waals surface area contributed by atoms with Crippen LogP contribution in [0.3, 0.4) is 0 Å². The van der Waals surface area contributed by atoms with E-state index in [0.717, 1.165) is 38.8 Å². The number of imide groups is 1. The number of piperidine rings is 1. The van der Waals surface area contributed by atoms with Crippen LogP contribution in [-0.4, -0.2) is 70.9 Å². The molecule has 7 heteroatoms. The van der Waals surface area contributed by atoms with Crippen LogP contribution < -0.4 is 5.32 Å². The topological polar surface area (TPSA) is 73.0 Å². The Hall–Kier alpha value is -1.63. The fourth-order valence-corrected chi connectivity index (χ4v) is 5.70. The fourth-order valence-electron chi connectivity index (χ4n) is 5.70. The molecule has 0 aromatic carbocycles. The van der Waals surface area contributed by atoms with Crippen molar-refractivity contribution in [2.24, 2.45) is 17.3 Å². The lowest BCUT2D eigenvalue weighted by molar-refractivity contribution is -0.139. The van der Waals surface area contributed by atoms with Crippen LogP contribution >= 0.6 is 0 Å². The van der Waals surface area contributed by atoms with Crippen LogP contribution in [0.25, 0.3) is 0 Å². The summed E-state index contributed by atoms with van der Waals surface area (Å²) in [6, 6.07) is -0.0672. The summed E-state index contributed by atoms with van der Waals surface area (Å²) in [6.45, 7) is 12.4. The highest BCUT2D eigenvalue weighted by Crippen LogP contribution is 2.46. The van der Waals surface area contributed by atoms with Crippen LogP contribution in [0.5, 0.6) is 0 Å². The number of urea groups is 1. The Bertz CT molecular complexity index is 669. The van der Waals surface area contributed by atoms with Gasteiger partial charge in [-0.2, -0.15) is 0 Å². The normalized spacial score (nSPS) is 30.9. The second-order valence-corrected chi connectivity index (χ2v) is 10.7. The van der Waals surface area contributed by atoms with Crippen molar-refractivity contribution in [2.75, 3.05) is 26.8 Å². The predicted octanol–water partition coefficient (Wildman–Crippen LogP) is 2.66. The van der Waals surface area contributed by atoms with Crippen molar-refractivity contribution in [3.63, 3.8) is 0 Å². The first-order valence-electron chi connectivity index (χ1n) is 11.1. The number of nitrogens with one attached hydrogen (secondary N) is 1. The van der Waals surface area contributed by atoms with E-state index in [1.54, 1.807) is 0 Å². The van der Waals surface area contributed by atoms with E-state index in [1.807, 2.05) is 25.8 Å². The van der Waals surface area contributed by atoms with Gasteiger partial charge in [0.05, 0.1) is 6.67 Å². The Morgan fingerprint density at radius 2 is 1.83 bits per heavy atom. The van der Waals surface area contributed by atoms with Gasteiger partial charge in [-0.1, -0.05) is 20.8 Å². The fraction of sp³-hybridized carbons (Fsp3) is 0.864. The first-order valence-corrected chi connectivity index (χ1v) is 11.1. The molecule has 0 bridgehead atoms. The summed E-state index contributed by atoms with van der Waals surface area (Å²) in [5, 5.41) is 3.05. The Labute approximate surface area is 175 Å². The van der Waals surface area contributed by atoms with E-state index in [1.165, 1.54) is 4.90 Å². The minimum absolute atomic E-state index is 0.0353. The molecule has 2 aliphatic heterocycles. The van der Waals surface area contributed by atoms with Crippen LogP contribution in [0.15, 0.2) is 0 Å². The first kappa shape index (κ1) is 22.1. The van der Waals surface area contributed by atoms with Crippen LogP contribution in [-0.2, 0) is 9.59 Å². The van der Waals surface area contributed by atoms with Gasteiger partial charge >= 0.3 is 6.03 Å². The van der Waals surface area contributed by atoms with E-state index < -0.39 is 5.54 Å². The zero-order chi connectivity index (χ0) is 21.6. The highest BCUT2D eigenvalue weighted by atomic mass is 16.2. The Kier molecular flexibility index (Phi) is 6.01. The molecule has 3 fully saturated rings. The van der Waals surface area contributed by atoms with Gasteiger partial charge in [0.2, 0.25) is 5.91 Å². The molecule has 1 aliphatic carbocycles. The number of likely N-dealkylation sites (tertiary alicyclic amines) is 1. The SMILES string of the molecule is CC1CC(C)(C)CC2(C1)NC(=O)N(CN1CCC(C(=O)N(C)C(C)C)CC1)C2=O. The van der Waals surface area contributed by atoms with Gasteiger partial charge in [0.25, 0.3) is 5.91 Å². The summed E-state index contributed by atoms with van der Waals surface area (Å²) in [7, 11) is 1.86. The molecular weight excluding hydrogens is 368 g/mol. The molecule has 3 aliphatic rings. The highest BCUT2D eigenvalue weighted by Gasteiger charge is 2.56. The molecule has 1 spiro atoms. The lowest BCUT2D eigenvalue weighted by Crippen LogP contribution is -2.54. The van der Waals surface area contributed by atoms with Crippen molar-refractivity contribution in [1.82, 2.24) is 20.0 Å². The van der Waals surface area contributed by atoms with E-state index in [0.29, 0.717) is 19.0 Å². The van der Waals surface area contributed by atoms with Crippen LogP contribution in [0.2, 0.25) is 0 Å². The van der Waals surface area contributed by atoms with E-state index in [9.17, 15) is 14.4 Å². The summed E-state index contributed by atoms with van der Waals surface area (Å²) >= 11 is 0. The van der Waals surface area contributed by atoms with Gasteiger partial charge in [0, 0.05) is 32.1 Å². The van der Waals surface area contributed by atoms with Gasteiger partial charge in [-0.15, -0.1) is 0 Å². The molecule has 0 aromatic rings. The van der Waals surface area contributed by atoms with Gasteiger partial charge in [0.1, 0.15) is 5.54 Å². The molecule has 2 atom stereocenters. The zero-order valence-corrected chi connectivity index (χ0v) is 19.0. The third-order valence-electron chi connectivity index (χ3n) is 7.02. The van der Waals surface area contributed by atoms with Crippen molar-refractivity contribution in [2.45, 2.75) is 78.3 Å². The molecule has 4 amide bonds. The molecule has 164 valence electrons. The van der Waals surface area contributed by atoms with Crippen LogP contribution in [0.1, 0.15) is 66.7 Å². The third kappa shape index (κ3) is 4.44. The number of rotatable bonds is 4. The lowest BCUT2D eigenvalue weighted by atomic mass is 9.64. The van der Waals surface area contributed by atoms with Crippen molar-refractivity contribution >= 4 is 17.8 Å². The molecular formula is C22H38N4O3. The third-order valence-corrected chi connectivity index (χ3v) is 7.02. The van der Waals surface area contributed by atoms with Gasteiger partial charge in [-0.25, -0.2) is 9.69 Å². The van der Waals surface area contributed by atoms with Gasteiger partial charge in [-0.3, -0.25) is 14.5 Å². The molecule has 1 saturated carbocycles. The predicted molar refractivity (Wildman–Crippen MR) is 112 cm³/mol. The summed E-state index contributed by atoms with van der Waals surface area (Å²) in [5.74, 6) is 0.572. The molecule has 1 N–H and O–H groups in total. The van der Waals surface area contributed by atoms with Gasteiger partial charge in [0.15, 0.2) is 0 Å². The Balaban J connectivity index is 1.60. The molecule has 29 heavy (non-hydrogen) atoms. The average Bonchev–Trinajstić information content (AvgIpc) is 2.82. The number of hydrogen-bond donors (Lipinski definition) is 1. The summed E-state index contributed by atoms with van der Waals surface area (Å²) < 4.78 is 0. The van der Waals surface area contributed by atoms with E-state index in [2.05, 4.69) is 31.0 Å². The molecule has 2 saturated heterocycles. The zero-order valence-electron chi connectivity index (χ0n) is 19.0. The molecule has 3 rings (SSSR count). The molecule has 2 heterocycles. The lowest BCUT2D eigenvalue weighted by Gasteiger charge is -2.44.